The van der Waals surface area contributed by atoms with E-state index in [1.807, 2.05) is 59.7 Å². The predicted molar refractivity (Wildman–Crippen MR) is 143 cm³/mol. The Morgan fingerprint density at radius 2 is 1.81 bits per heavy atom. The van der Waals surface area contributed by atoms with Crippen molar-refractivity contribution in [2.45, 2.75) is 103 Å². The van der Waals surface area contributed by atoms with Gasteiger partial charge < -0.3 is 29.3 Å². The molecule has 2 rings (SSSR count). The Bertz CT molecular complexity index is 782. The van der Waals surface area contributed by atoms with Crippen LogP contribution in [0.5, 0.6) is 0 Å². The molecular weight excluding hydrogens is 474 g/mol. The smallest absolute Gasteiger partial charge is 0.330 e. The molecule has 0 aromatic heterocycles. The van der Waals surface area contributed by atoms with Crippen LogP contribution in [0.15, 0.2) is 24.3 Å². The lowest BCUT2D eigenvalue weighted by Gasteiger charge is -2.43. The van der Waals surface area contributed by atoms with Gasteiger partial charge in [-0.05, 0) is 65.1 Å². The fraction of sp³-hybridized carbons (Fsp3) is 0.793. The Labute approximate surface area is 223 Å². The summed E-state index contributed by atoms with van der Waals surface area (Å²) in [5.74, 6) is -1.08. The summed E-state index contributed by atoms with van der Waals surface area (Å²) in [4.78, 5) is 27.5. The van der Waals surface area contributed by atoms with E-state index in [4.69, 9.17) is 14.2 Å². The average Bonchev–Trinajstić information content (AvgIpc) is 2.85. The molecule has 8 heteroatoms. The van der Waals surface area contributed by atoms with Crippen LogP contribution in [-0.4, -0.2) is 84.3 Å². The monoisotopic (exact) mass is 523 g/mol. The van der Waals surface area contributed by atoms with Crippen molar-refractivity contribution in [3.05, 3.63) is 24.3 Å². The minimum atomic E-state index is -0.831. The van der Waals surface area contributed by atoms with Gasteiger partial charge in [-0.15, -0.1) is 0 Å². The third-order valence-corrected chi connectivity index (χ3v) is 7.81. The van der Waals surface area contributed by atoms with Crippen molar-refractivity contribution in [3.63, 3.8) is 0 Å². The Morgan fingerprint density at radius 1 is 1.11 bits per heavy atom. The molecule has 2 N–H and O–H groups in total. The summed E-state index contributed by atoms with van der Waals surface area (Å²) in [6, 6.07) is -0.104. The number of carbonyl (C=O) groups excluding carboxylic acids is 2. The zero-order valence-corrected chi connectivity index (χ0v) is 23.7. The number of aliphatic hydroxyl groups excluding tert-OH is 2. The number of rotatable bonds is 5. The van der Waals surface area contributed by atoms with Gasteiger partial charge in [-0.2, -0.15) is 0 Å². The Morgan fingerprint density at radius 3 is 2.43 bits per heavy atom. The molecule has 3 unspecified atom stereocenters. The van der Waals surface area contributed by atoms with Crippen LogP contribution in [-0.2, 0) is 23.8 Å². The van der Waals surface area contributed by atoms with Crippen LogP contribution in [0.1, 0.15) is 66.7 Å². The molecule has 0 aliphatic carbocycles. The molecule has 0 saturated carbocycles. The highest BCUT2D eigenvalue weighted by Crippen LogP contribution is 2.31. The van der Waals surface area contributed by atoms with Crippen LogP contribution < -0.4 is 0 Å². The second-order valence-electron chi connectivity index (χ2n) is 11.2. The molecule has 0 radical (unpaired) electrons. The van der Waals surface area contributed by atoms with E-state index in [0.29, 0.717) is 32.1 Å². The molecule has 8 nitrogen and oxygen atoms in total. The number of likely N-dealkylation sites (N-methyl/N-ethyl adjacent to an activating group) is 1. The quantitative estimate of drug-likeness (QED) is 0.528. The van der Waals surface area contributed by atoms with Crippen LogP contribution in [0.3, 0.4) is 0 Å². The molecule has 37 heavy (non-hydrogen) atoms. The van der Waals surface area contributed by atoms with Crippen molar-refractivity contribution in [3.8, 4) is 0 Å². The standard InChI is InChI=1S/C29H49NO7/c1-8-25-22(17-31)11-9-10-12-24(32)19(3)15-20(4)28(18(2)13-14-26(33)36-25)37-29-27(34)23(30(6)7)16-21(5)35-29/h10,12-14,18-23,25,27-29,31,34H,8-9,11,15-17H2,1-7H3/b12-10+,14-13+/t18-,19+,20-,21+,22?,23-,25?,27+,28+,29?/m0/s1. The van der Waals surface area contributed by atoms with Crippen molar-refractivity contribution >= 4 is 11.8 Å². The Kier molecular flexibility index (Phi) is 12.9. The van der Waals surface area contributed by atoms with E-state index in [0.717, 1.165) is 0 Å². The van der Waals surface area contributed by atoms with Crippen LogP contribution in [0.25, 0.3) is 0 Å². The van der Waals surface area contributed by atoms with Crippen molar-refractivity contribution in [1.29, 1.82) is 0 Å². The zero-order chi connectivity index (χ0) is 27.7. The van der Waals surface area contributed by atoms with Gasteiger partial charge >= 0.3 is 5.97 Å². The van der Waals surface area contributed by atoms with Crippen molar-refractivity contribution < 1.29 is 34.0 Å². The lowest BCUT2D eigenvalue weighted by molar-refractivity contribution is -0.277. The summed E-state index contributed by atoms with van der Waals surface area (Å²) in [6.07, 6.45) is 7.23. The fourth-order valence-electron chi connectivity index (χ4n) is 5.50. The Hall–Kier alpha value is -1.58. The molecule has 2 heterocycles. The van der Waals surface area contributed by atoms with Gasteiger partial charge in [0.05, 0.1) is 12.2 Å². The van der Waals surface area contributed by atoms with E-state index < -0.39 is 30.6 Å². The SMILES string of the molecule is CCC1OC(=O)/C=C/[C@H](C)[C@@H](OC2O[C@H](C)C[C@H](N(C)C)[C@H]2O)[C@@H](C)C[C@@H](C)C(=O)/C=C/CCC1CO. The highest BCUT2D eigenvalue weighted by molar-refractivity contribution is 5.91. The van der Waals surface area contributed by atoms with E-state index in [-0.39, 0.29) is 48.2 Å². The van der Waals surface area contributed by atoms with Crippen molar-refractivity contribution in [2.24, 2.45) is 23.7 Å². The van der Waals surface area contributed by atoms with Gasteiger partial charge in [0.15, 0.2) is 12.1 Å². The first kappa shape index (κ1) is 31.6. The third kappa shape index (κ3) is 9.29. The topological polar surface area (TPSA) is 106 Å². The van der Waals surface area contributed by atoms with Gasteiger partial charge in [0.2, 0.25) is 0 Å². The Balaban J connectivity index is 2.32. The maximum absolute atomic E-state index is 12.8. The number of nitrogens with zero attached hydrogens (tertiary/aromatic N) is 1. The zero-order valence-electron chi connectivity index (χ0n) is 23.7. The molecular formula is C29H49NO7. The van der Waals surface area contributed by atoms with E-state index >= 15 is 0 Å². The first-order valence-electron chi connectivity index (χ1n) is 13.8. The summed E-state index contributed by atoms with van der Waals surface area (Å²) in [5, 5.41) is 20.9. The van der Waals surface area contributed by atoms with E-state index in [9.17, 15) is 19.8 Å². The van der Waals surface area contributed by atoms with Gasteiger partial charge in [-0.1, -0.05) is 39.8 Å². The summed E-state index contributed by atoms with van der Waals surface area (Å²) < 4.78 is 18.2. The number of esters is 1. The number of carbonyl (C=O) groups is 2. The summed E-state index contributed by atoms with van der Waals surface area (Å²) >= 11 is 0. The molecule has 0 aromatic carbocycles. The molecule has 212 valence electrons. The third-order valence-electron chi connectivity index (χ3n) is 7.81. The highest BCUT2D eigenvalue weighted by atomic mass is 16.7. The molecule has 0 aromatic rings. The van der Waals surface area contributed by atoms with Gasteiger partial charge in [0.25, 0.3) is 0 Å². The molecule has 2 aliphatic heterocycles. The maximum atomic E-state index is 12.8. The number of hydrogen-bond acceptors (Lipinski definition) is 8. The number of hydrogen-bond donors (Lipinski definition) is 2. The largest absolute Gasteiger partial charge is 0.459 e. The first-order valence-corrected chi connectivity index (χ1v) is 13.8. The van der Waals surface area contributed by atoms with Gasteiger partial charge in [0, 0.05) is 36.5 Å². The van der Waals surface area contributed by atoms with Gasteiger partial charge in [-0.3, -0.25) is 4.79 Å². The van der Waals surface area contributed by atoms with Crippen molar-refractivity contribution in [2.75, 3.05) is 20.7 Å². The van der Waals surface area contributed by atoms with E-state index in [1.165, 1.54) is 6.08 Å². The molecule has 1 fully saturated rings. The number of cyclic esters (lactones) is 1. The molecule has 0 spiro atoms. The number of aliphatic hydroxyl groups is 2. The number of ether oxygens (including phenoxy) is 3. The molecule has 2 aliphatic rings. The molecule has 0 amide bonds. The van der Waals surface area contributed by atoms with Gasteiger partial charge in [-0.25, -0.2) is 4.79 Å². The number of allylic oxidation sites excluding steroid dienone is 2. The lowest BCUT2D eigenvalue weighted by Crippen LogP contribution is -2.55. The van der Waals surface area contributed by atoms with Crippen molar-refractivity contribution in [1.82, 2.24) is 4.90 Å². The molecule has 10 atom stereocenters. The summed E-state index contributed by atoms with van der Waals surface area (Å²) in [6.45, 7) is 9.71. The average molecular weight is 524 g/mol. The van der Waals surface area contributed by atoms with Crippen LogP contribution in [0.2, 0.25) is 0 Å². The van der Waals surface area contributed by atoms with Crippen LogP contribution >= 0.6 is 0 Å². The first-order chi connectivity index (χ1) is 17.5. The summed E-state index contributed by atoms with van der Waals surface area (Å²) in [5.41, 5.74) is 0. The maximum Gasteiger partial charge on any atom is 0.330 e. The fourth-order valence-corrected chi connectivity index (χ4v) is 5.50. The lowest BCUT2D eigenvalue weighted by atomic mass is 9.84. The predicted octanol–water partition coefficient (Wildman–Crippen LogP) is 3.50. The van der Waals surface area contributed by atoms with E-state index in [1.54, 1.807) is 12.2 Å². The number of ketones is 1. The molecule has 1 saturated heterocycles. The van der Waals surface area contributed by atoms with Crippen LogP contribution in [0.4, 0.5) is 0 Å². The minimum absolute atomic E-state index is 0.0511. The van der Waals surface area contributed by atoms with Crippen LogP contribution in [0, 0.1) is 23.7 Å². The van der Waals surface area contributed by atoms with E-state index in [2.05, 4.69) is 0 Å². The normalized spacial score (nSPS) is 40.8. The van der Waals surface area contributed by atoms with Gasteiger partial charge in [0.1, 0.15) is 12.2 Å². The second-order valence-corrected chi connectivity index (χ2v) is 11.2. The highest BCUT2D eigenvalue weighted by Gasteiger charge is 2.41. The summed E-state index contributed by atoms with van der Waals surface area (Å²) in [7, 11) is 3.86. The molecule has 0 bridgehead atoms. The second kappa shape index (κ2) is 15.1. The minimum Gasteiger partial charge on any atom is -0.459 e.